The average Bonchev–Trinajstić information content (AvgIpc) is 2.79. The Kier molecular flexibility index (Phi) is 10.7. The third-order valence-electron chi connectivity index (χ3n) is 6.73. The summed E-state index contributed by atoms with van der Waals surface area (Å²) in [6.07, 6.45) is 9.61. The van der Waals surface area contributed by atoms with Crippen molar-refractivity contribution in [1.82, 2.24) is 10.6 Å². The zero-order valence-corrected chi connectivity index (χ0v) is 21.6. The molecule has 2 fully saturated rings. The smallest absolute Gasteiger partial charge is 0.191 e. The van der Waals surface area contributed by atoms with Crippen LogP contribution in [0, 0.1) is 0 Å². The maximum Gasteiger partial charge on any atom is 0.191 e. The third kappa shape index (κ3) is 6.88. The number of aliphatic hydroxyl groups excluding tert-OH is 1. The van der Waals surface area contributed by atoms with E-state index in [2.05, 4.69) is 29.7 Å². The van der Waals surface area contributed by atoms with Crippen LogP contribution < -0.4 is 20.1 Å². The van der Waals surface area contributed by atoms with Crippen LogP contribution >= 0.6 is 24.0 Å². The molecule has 3 rings (SSSR count). The van der Waals surface area contributed by atoms with E-state index in [0.717, 1.165) is 69.1 Å². The molecule has 31 heavy (non-hydrogen) atoms. The number of benzene rings is 1. The fourth-order valence-corrected chi connectivity index (χ4v) is 4.90. The summed E-state index contributed by atoms with van der Waals surface area (Å²) in [6, 6.07) is 6.73. The van der Waals surface area contributed by atoms with Crippen molar-refractivity contribution in [3.05, 3.63) is 23.8 Å². The molecule has 0 unspecified atom stereocenters. The summed E-state index contributed by atoms with van der Waals surface area (Å²) in [7, 11) is 3.37. The second-order valence-corrected chi connectivity index (χ2v) is 8.76. The first-order chi connectivity index (χ1) is 14.6. The minimum absolute atomic E-state index is 0. The fourth-order valence-electron chi connectivity index (χ4n) is 4.90. The summed E-state index contributed by atoms with van der Waals surface area (Å²) in [5, 5.41) is 16.8. The first-order valence-electron chi connectivity index (χ1n) is 11.6. The summed E-state index contributed by atoms with van der Waals surface area (Å²) in [5.74, 6) is 2.45. The van der Waals surface area contributed by atoms with Crippen LogP contribution in [0.3, 0.4) is 0 Å². The lowest BCUT2D eigenvalue weighted by atomic mass is 9.69. The Balaban J connectivity index is 0.00000341. The van der Waals surface area contributed by atoms with Crippen LogP contribution in [-0.4, -0.2) is 50.5 Å². The van der Waals surface area contributed by atoms with Crippen LogP contribution in [-0.2, 0) is 5.41 Å². The fraction of sp³-hybridized carbons (Fsp3) is 0.708. The molecular formula is C24H40IN3O3. The molecule has 0 aliphatic heterocycles. The summed E-state index contributed by atoms with van der Waals surface area (Å²) in [5.41, 5.74) is 1.32. The molecule has 0 saturated heterocycles. The number of aliphatic hydroxyl groups is 1. The predicted octanol–water partition coefficient (Wildman–Crippen LogP) is 4.38. The second kappa shape index (κ2) is 12.7. The van der Waals surface area contributed by atoms with E-state index in [-0.39, 0.29) is 35.5 Å². The van der Waals surface area contributed by atoms with Crippen LogP contribution in [0.15, 0.2) is 23.2 Å². The summed E-state index contributed by atoms with van der Waals surface area (Å²) >= 11 is 0. The predicted molar refractivity (Wildman–Crippen MR) is 137 cm³/mol. The molecule has 0 spiro atoms. The topological polar surface area (TPSA) is 75.1 Å². The van der Waals surface area contributed by atoms with E-state index in [4.69, 9.17) is 14.5 Å². The molecule has 0 heterocycles. The van der Waals surface area contributed by atoms with Crippen molar-refractivity contribution >= 4 is 29.9 Å². The van der Waals surface area contributed by atoms with Crippen LogP contribution in [0.2, 0.25) is 0 Å². The van der Waals surface area contributed by atoms with Crippen molar-refractivity contribution in [2.75, 3.05) is 27.3 Å². The highest BCUT2D eigenvalue weighted by Crippen LogP contribution is 2.42. The number of methoxy groups -OCH3 is 2. The normalized spacial score (nSPS) is 23.4. The monoisotopic (exact) mass is 545 g/mol. The molecule has 1 aromatic rings. The Morgan fingerprint density at radius 1 is 1.06 bits per heavy atom. The van der Waals surface area contributed by atoms with Gasteiger partial charge in [0.15, 0.2) is 17.5 Å². The lowest BCUT2D eigenvalue weighted by Crippen LogP contribution is -2.46. The molecule has 3 N–H and O–H groups in total. The van der Waals surface area contributed by atoms with Gasteiger partial charge in [0.05, 0.1) is 26.9 Å². The summed E-state index contributed by atoms with van der Waals surface area (Å²) in [6.45, 7) is 3.70. The van der Waals surface area contributed by atoms with Gasteiger partial charge >= 0.3 is 0 Å². The molecular weight excluding hydrogens is 505 g/mol. The Bertz CT molecular complexity index is 699. The largest absolute Gasteiger partial charge is 0.493 e. The van der Waals surface area contributed by atoms with Gasteiger partial charge in [-0.25, -0.2) is 0 Å². The first kappa shape index (κ1) is 26.0. The molecule has 6 nitrogen and oxygen atoms in total. The lowest BCUT2D eigenvalue weighted by molar-refractivity contribution is 0.120. The van der Waals surface area contributed by atoms with Crippen molar-refractivity contribution in [2.24, 2.45) is 4.99 Å². The van der Waals surface area contributed by atoms with Gasteiger partial charge in [-0.2, -0.15) is 0 Å². The van der Waals surface area contributed by atoms with Gasteiger partial charge in [-0.1, -0.05) is 25.3 Å². The minimum atomic E-state index is -0.141. The van der Waals surface area contributed by atoms with Crippen molar-refractivity contribution in [3.63, 3.8) is 0 Å². The van der Waals surface area contributed by atoms with Crippen molar-refractivity contribution in [1.29, 1.82) is 0 Å². The Labute approximate surface area is 204 Å². The van der Waals surface area contributed by atoms with Crippen molar-refractivity contribution in [2.45, 2.75) is 82.3 Å². The average molecular weight is 546 g/mol. The van der Waals surface area contributed by atoms with Gasteiger partial charge in [-0.3, -0.25) is 4.99 Å². The quantitative estimate of drug-likeness (QED) is 0.270. The molecule has 0 aromatic heterocycles. The van der Waals surface area contributed by atoms with Crippen molar-refractivity contribution < 1.29 is 14.6 Å². The lowest BCUT2D eigenvalue weighted by Gasteiger charge is -2.37. The molecule has 0 amide bonds. The second-order valence-electron chi connectivity index (χ2n) is 8.76. The Morgan fingerprint density at radius 3 is 2.35 bits per heavy atom. The van der Waals surface area contributed by atoms with Crippen LogP contribution in [0.1, 0.15) is 70.3 Å². The van der Waals surface area contributed by atoms with E-state index in [1.165, 1.54) is 24.8 Å². The first-order valence-corrected chi connectivity index (χ1v) is 11.6. The number of rotatable bonds is 7. The van der Waals surface area contributed by atoms with E-state index in [0.29, 0.717) is 6.04 Å². The molecule has 176 valence electrons. The molecule has 0 radical (unpaired) electrons. The van der Waals surface area contributed by atoms with Crippen LogP contribution in [0.5, 0.6) is 11.5 Å². The Morgan fingerprint density at radius 2 is 1.74 bits per heavy atom. The van der Waals surface area contributed by atoms with E-state index in [9.17, 15) is 5.11 Å². The van der Waals surface area contributed by atoms with E-state index in [1.807, 2.05) is 6.07 Å². The van der Waals surface area contributed by atoms with Gasteiger partial charge in [-0.05, 0) is 63.1 Å². The number of aliphatic imine (C=N–C) groups is 1. The van der Waals surface area contributed by atoms with Gasteiger partial charge < -0.3 is 25.2 Å². The van der Waals surface area contributed by atoms with E-state index < -0.39 is 0 Å². The highest BCUT2D eigenvalue weighted by atomic mass is 127. The van der Waals surface area contributed by atoms with Crippen LogP contribution in [0.4, 0.5) is 0 Å². The maximum absolute atomic E-state index is 9.79. The number of hydrogen-bond donors (Lipinski definition) is 3. The Hall–Kier alpha value is -1.22. The van der Waals surface area contributed by atoms with Crippen molar-refractivity contribution in [3.8, 4) is 11.5 Å². The van der Waals surface area contributed by atoms with Gasteiger partial charge in [0, 0.05) is 18.0 Å². The summed E-state index contributed by atoms with van der Waals surface area (Å²) in [4.78, 5) is 5.06. The molecule has 7 heteroatoms. The number of ether oxygens (including phenoxy) is 2. The van der Waals surface area contributed by atoms with Gasteiger partial charge in [0.1, 0.15) is 0 Å². The third-order valence-corrected chi connectivity index (χ3v) is 6.73. The van der Waals surface area contributed by atoms with E-state index >= 15 is 0 Å². The molecule has 1 aromatic carbocycles. The number of nitrogens with one attached hydrogen (secondary N) is 2. The SMILES string of the molecule is CCNC(=NCC1(c2ccc(OC)c(OC)c2)CCCCC1)NC1CCC(O)CC1.I. The molecule has 0 atom stereocenters. The molecule has 2 saturated carbocycles. The molecule has 0 bridgehead atoms. The number of hydrogen-bond acceptors (Lipinski definition) is 4. The molecule has 2 aliphatic carbocycles. The molecule has 2 aliphatic rings. The highest BCUT2D eigenvalue weighted by molar-refractivity contribution is 14.0. The highest BCUT2D eigenvalue weighted by Gasteiger charge is 2.35. The standard InChI is InChI=1S/C24H39N3O3.HI/c1-4-25-23(27-19-9-11-20(28)12-10-19)26-17-24(14-6-5-7-15-24)18-8-13-21(29-2)22(16-18)30-3;/h8,13,16,19-20,28H,4-7,9-12,14-15,17H2,1-3H3,(H2,25,26,27);1H. The van der Waals surface area contributed by atoms with Gasteiger partial charge in [-0.15, -0.1) is 24.0 Å². The van der Waals surface area contributed by atoms with Crippen LogP contribution in [0.25, 0.3) is 0 Å². The maximum atomic E-state index is 9.79. The zero-order valence-electron chi connectivity index (χ0n) is 19.3. The van der Waals surface area contributed by atoms with Gasteiger partial charge in [0.25, 0.3) is 0 Å². The van der Waals surface area contributed by atoms with E-state index in [1.54, 1.807) is 14.2 Å². The minimum Gasteiger partial charge on any atom is -0.493 e. The zero-order chi connectivity index (χ0) is 21.4. The number of halogens is 1. The summed E-state index contributed by atoms with van der Waals surface area (Å²) < 4.78 is 11.0. The number of guanidine groups is 1. The number of nitrogens with zero attached hydrogens (tertiary/aromatic N) is 1. The van der Waals surface area contributed by atoms with Gasteiger partial charge in [0.2, 0.25) is 0 Å².